The molecule has 3 rings (SSSR count). The zero-order valence-electron chi connectivity index (χ0n) is 18.5. The van der Waals surface area contributed by atoms with Crippen molar-refractivity contribution in [2.75, 3.05) is 37.7 Å². The lowest BCUT2D eigenvalue weighted by Gasteiger charge is -2.38. The summed E-state index contributed by atoms with van der Waals surface area (Å²) in [5, 5.41) is 8.79. The number of hydrogen-bond acceptors (Lipinski definition) is 5. The topological polar surface area (TPSA) is 99.5 Å². The first-order valence-corrected chi connectivity index (χ1v) is 10.6. The number of nitrogens with two attached hydrogens (primary N) is 1. The maximum Gasteiger partial charge on any atom is 0.252 e. The summed E-state index contributed by atoms with van der Waals surface area (Å²) >= 11 is 0. The van der Waals surface area contributed by atoms with Crippen molar-refractivity contribution in [1.82, 2.24) is 15.5 Å². The Kier molecular flexibility index (Phi) is 8.47. The first kappa shape index (κ1) is 23.5. The van der Waals surface area contributed by atoms with Crippen LogP contribution < -0.4 is 21.7 Å². The van der Waals surface area contributed by atoms with E-state index in [2.05, 4.69) is 34.8 Å². The van der Waals surface area contributed by atoms with Gasteiger partial charge in [0.05, 0.1) is 16.9 Å². The van der Waals surface area contributed by atoms with E-state index in [1.165, 1.54) is 0 Å². The molecule has 1 fully saturated rings. The minimum Gasteiger partial charge on any atom is -0.397 e. The molecule has 0 radical (unpaired) electrons. The molecule has 1 aromatic carbocycles. The van der Waals surface area contributed by atoms with Crippen molar-refractivity contribution in [3.63, 3.8) is 0 Å². The van der Waals surface area contributed by atoms with Gasteiger partial charge in [-0.2, -0.15) is 0 Å². The van der Waals surface area contributed by atoms with Crippen molar-refractivity contribution in [3.8, 4) is 0 Å². The molecule has 2 amide bonds. The van der Waals surface area contributed by atoms with Crippen LogP contribution in [0.25, 0.3) is 0 Å². The van der Waals surface area contributed by atoms with Gasteiger partial charge in [0, 0.05) is 19.3 Å². The zero-order valence-corrected chi connectivity index (χ0v) is 18.5. The zero-order chi connectivity index (χ0) is 22.1. The second kappa shape index (κ2) is 10.8. The van der Waals surface area contributed by atoms with Crippen molar-refractivity contribution >= 4 is 23.2 Å². The van der Waals surface area contributed by atoms with Crippen LogP contribution in [0.15, 0.2) is 48.2 Å². The van der Waals surface area contributed by atoms with E-state index < -0.39 is 6.04 Å². The monoisotopic (exact) mass is 413 g/mol. The van der Waals surface area contributed by atoms with Gasteiger partial charge in [-0.1, -0.05) is 39.0 Å². The molecule has 2 aliphatic heterocycles. The van der Waals surface area contributed by atoms with Gasteiger partial charge >= 0.3 is 0 Å². The quantitative estimate of drug-likeness (QED) is 0.556. The molecule has 0 aliphatic carbocycles. The summed E-state index contributed by atoms with van der Waals surface area (Å²) in [6.07, 6.45) is 7.20. The molecule has 2 heterocycles. The Morgan fingerprint density at radius 2 is 2.03 bits per heavy atom. The molecule has 0 spiro atoms. The number of carbonyl (C=O) groups is 2. The van der Waals surface area contributed by atoms with E-state index >= 15 is 0 Å². The van der Waals surface area contributed by atoms with Crippen LogP contribution in [0.1, 0.15) is 33.6 Å². The summed E-state index contributed by atoms with van der Waals surface area (Å²) in [6.45, 7) is 8.94. The van der Waals surface area contributed by atoms with Crippen LogP contribution in [0.4, 0.5) is 11.4 Å². The molecule has 1 aromatic rings. The van der Waals surface area contributed by atoms with Crippen LogP contribution >= 0.6 is 0 Å². The number of hydrogen-bond donors (Lipinski definition) is 4. The molecule has 30 heavy (non-hydrogen) atoms. The van der Waals surface area contributed by atoms with E-state index in [4.69, 9.17) is 5.73 Å². The number of amides is 2. The van der Waals surface area contributed by atoms with Gasteiger partial charge in [0.2, 0.25) is 0 Å². The van der Waals surface area contributed by atoms with Gasteiger partial charge < -0.3 is 26.6 Å². The first-order valence-electron chi connectivity index (χ1n) is 10.6. The van der Waals surface area contributed by atoms with Crippen molar-refractivity contribution in [2.45, 2.75) is 39.7 Å². The van der Waals surface area contributed by atoms with Gasteiger partial charge in [0.25, 0.3) is 11.8 Å². The van der Waals surface area contributed by atoms with Crippen LogP contribution in [-0.4, -0.2) is 49.4 Å². The average molecular weight is 414 g/mol. The fourth-order valence-corrected chi connectivity index (χ4v) is 3.73. The van der Waals surface area contributed by atoms with Gasteiger partial charge in [-0.25, -0.2) is 0 Å². The number of piperidine rings is 1. The Labute approximate surface area is 179 Å². The third-order valence-electron chi connectivity index (χ3n) is 5.30. The Bertz CT molecular complexity index is 805. The normalized spacial score (nSPS) is 23.3. The molecular weight excluding hydrogens is 378 g/mol. The molecule has 7 nitrogen and oxygen atoms in total. The average Bonchev–Trinajstić information content (AvgIpc) is 2.75. The molecule has 0 bridgehead atoms. The molecule has 7 heteroatoms. The third-order valence-corrected chi connectivity index (χ3v) is 5.30. The van der Waals surface area contributed by atoms with E-state index in [-0.39, 0.29) is 17.2 Å². The molecule has 2 unspecified atom stereocenters. The summed E-state index contributed by atoms with van der Waals surface area (Å²) in [7, 11) is 2.11. The fraction of sp³-hybridized carbons (Fsp3) is 0.478. The maximum atomic E-state index is 12.5. The van der Waals surface area contributed by atoms with E-state index in [9.17, 15) is 9.59 Å². The third kappa shape index (κ3) is 6.35. The Morgan fingerprint density at radius 1 is 1.30 bits per heavy atom. The van der Waals surface area contributed by atoms with Crippen LogP contribution in [0.3, 0.4) is 0 Å². The Hall–Kier alpha value is -2.80. The van der Waals surface area contributed by atoms with Crippen LogP contribution in [0.5, 0.6) is 0 Å². The van der Waals surface area contributed by atoms with E-state index in [1.54, 1.807) is 30.5 Å². The molecular formula is C23H35N5O2. The highest BCUT2D eigenvalue weighted by molar-refractivity contribution is 6.00. The predicted octanol–water partition coefficient (Wildman–Crippen LogP) is 2.49. The second-order valence-electron chi connectivity index (χ2n) is 8.01. The SMILES string of the molecule is CC.CN1CCCC(C)(CNC(=O)C2=CNC(C(=O)Nc3ccccc3N)C=C2)C1. The minimum absolute atomic E-state index is 0.0903. The summed E-state index contributed by atoms with van der Waals surface area (Å²) in [4.78, 5) is 27.2. The minimum atomic E-state index is -0.555. The predicted molar refractivity (Wildman–Crippen MR) is 123 cm³/mol. The molecule has 0 aromatic heterocycles. The first-order chi connectivity index (χ1) is 14.4. The number of para-hydroxylation sites is 2. The standard InChI is InChI=1S/C21H29N5O2.C2H6/c1-21(10-5-11-26(2)14-21)13-24-19(27)15-8-9-18(23-12-15)20(28)25-17-7-4-3-6-16(17)22;1-2/h3-4,6-9,12,18,23H,5,10-11,13-14,22H2,1-2H3,(H,24,27)(H,25,28);1-2H3. The van der Waals surface area contributed by atoms with Crippen LogP contribution in [-0.2, 0) is 9.59 Å². The van der Waals surface area contributed by atoms with E-state index in [1.807, 2.05) is 26.0 Å². The molecule has 2 atom stereocenters. The van der Waals surface area contributed by atoms with Gasteiger partial charge in [-0.05, 0) is 50.1 Å². The number of benzene rings is 1. The maximum absolute atomic E-state index is 12.5. The molecule has 164 valence electrons. The lowest BCUT2D eigenvalue weighted by Crippen LogP contribution is -2.46. The lowest BCUT2D eigenvalue weighted by molar-refractivity contribution is -0.118. The van der Waals surface area contributed by atoms with Gasteiger partial charge in [0.1, 0.15) is 6.04 Å². The summed E-state index contributed by atoms with van der Waals surface area (Å²) in [5.74, 6) is -0.369. The Morgan fingerprint density at radius 3 is 2.67 bits per heavy atom. The highest BCUT2D eigenvalue weighted by Gasteiger charge is 2.30. The van der Waals surface area contributed by atoms with Gasteiger partial charge in [-0.15, -0.1) is 0 Å². The fourth-order valence-electron chi connectivity index (χ4n) is 3.73. The van der Waals surface area contributed by atoms with E-state index in [0.717, 1.165) is 25.9 Å². The Balaban J connectivity index is 0.00000155. The lowest BCUT2D eigenvalue weighted by atomic mass is 9.82. The number of dihydropyridines is 1. The summed E-state index contributed by atoms with van der Waals surface area (Å²) < 4.78 is 0. The van der Waals surface area contributed by atoms with Crippen molar-refractivity contribution in [1.29, 1.82) is 0 Å². The number of nitrogens with one attached hydrogen (secondary N) is 3. The number of rotatable bonds is 5. The van der Waals surface area contributed by atoms with Gasteiger partial charge in [0.15, 0.2) is 0 Å². The number of anilines is 2. The highest BCUT2D eigenvalue weighted by atomic mass is 16.2. The van der Waals surface area contributed by atoms with Gasteiger partial charge in [-0.3, -0.25) is 9.59 Å². The molecule has 2 aliphatic rings. The molecule has 5 N–H and O–H groups in total. The van der Waals surface area contributed by atoms with Crippen molar-refractivity contribution in [2.24, 2.45) is 5.41 Å². The second-order valence-corrected chi connectivity index (χ2v) is 8.01. The number of likely N-dealkylation sites (tertiary alicyclic amines) is 1. The van der Waals surface area contributed by atoms with Crippen molar-refractivity contribution in [3.05, 3.63) is 48.2 Å². The van der Waals surface area contributed by atoms with Crippen LogP contribution in [0.2, 0.25) is 0 Å². The largest absolute Gasteiger partial charge is 0.397 e. The van der Waals surface area contributed by atoms with E-state index in [0.29, 0.717) is 23.5 Å². The molecule has 1 saturated heterocycles. The number of nitrogen functional groups attached to an aromatic ring is 1. The van der Waals surface area contributed by atoms with Crippen LogP contribution in [0, 0.1) is 5.41 Å². The number of carbonyl (C=O) groups excluding carboxylic acids is 2. The number of nitrogens with zero attached hydrogens (tertiary/aromatic N) is 1. The summed E-state index contributed by atoms with van der Waals surface area (Å²) in [5.41, 5.74) is 7.53. The summed E-state index contributed by atoms with van der Waals surface area (Å²) in [6, 6.07) is 6.54. The van der Waals surface area contributed by atoms with Crippen molar-refractivity contribution < 1.29 is 9.59 Å². The smallest absolute Gasteiger partial charge is 0.252 e. The highest BCUT2D eigenvalue weighted by Crippen LogP contribution is 2.28. The molecule has 0 saturated carbocycles.